The predicted octanol–water partition coefficient (Wildman–Crippen LogP) is 1.88. The van der Waals surface area contributed by atoms with Crippen molar-refractivity contribution in [2.24, 2.45) is 0 Å². The van der Waals surface area contributed by atoms with Gasteiger partial charge in [0.1, 0.15) is 11.4 Å². The van der Waals surface area contributed by atoms with Crippen LogP contribution in [-0.4, -0.2) is 56.9 Å². The molecule has 0 saturated carbocycles. The number of imide groups is 1. The van der Waals surface area contributed by atoms with E-state index in [1.54, 1.807) is 17.2 Å². The van der Waals surface area contributed by atoms with Crippen LogP contribution in [-0.2, 0) is 11.3 Å². The first-order valence-corrected chi connectivity index (χ1v) is 9.56. The number of nitrogens with zero attached hydrogens (tertiary/aromatic N) is 5. The first-order chi connectivity index (χ1) is 13.5. The summed E-state index contributed by atoms with van der Waals surface area (Å²) in [4.78, 5) is 39.9. The Bertz CT molecular complexity index is 879. The van der Waals surface area contributed by atoms with E-state index in [4.69, 9.17) is 5.73 Å². The van der Waals surface area contributed by atoms with Crippen LogP contribution in [0.3, 0.4) is 0 Å². The highest BCUT2D eigenvalue weighted by Gasteiger charge is 2.57. The fourth-order valence-electron chi connectivity index (χ4n) is 4.12. The van der Waals surface area contributed by atoms with Crippen LogP contribution in [0.25, 0.3) is 0 Å². The van der Waals surface area contributed by atoms with E-state index in [0.717, 1.165) is 5.56 Å². The topological polar surface area (TPSA) is 95.7 Å². The third-order valence-electron chi connectivity index (χ3n) is 5.66. The Morgan fingerprint density at radius 1 is 1.11 bits per heavy atom. The van der Waals surface area contributed by atoms with E-state index in [2.05, 4.69) is 9.97 Å². The number of benzene rings is 1. The highest BCUT2D eigenvalue weighted by Crippen LogP contribution is 2.38. The van der Waals surface area contributed by atoms with Crippen LogP contribution in [0.2, 0.25) is 0 Å². The van der Waals surface area contributed by atoms with E-state index in [-0.39, 0.29) is 11.9 Å². The molecule has 3 amide bonds. The highest BCUT2D eigenvalue weighted by atomic mass is 16.2. The van der Waals surface area contributed by atoms with Crippen LogP contribution in [0.15, 0.2) is 42.6 Å². The summed E-state index contributed by atoms with van der Waals surface area (Å²) < 4.78 is 0. The Balaban J connectivity index is 1.60. The van der Waals surface area contributed by atoms with Crippen molar-refractivity contribution >= 4 is 23.7 Å². The molecular weight excluding hydrogens is 356 g/mol. The Labute approximate surface area is 164 Å². The standard InChI is InChI=1S/C20H24N6O2/c1-2-25-17(27)20(26(19(25)28)14-15-6-4-3-5-7-15)9-12-24(13-10-20)18-22-11-8-16(21)23-18/h3-8,11H,2,9-10,12-14H2,1H3,(H2,21,22,23). The summed E-state index contributed by atoms with van der Waals surface area (Å²) in [6.07, 6.45) is 2.71. The smallest absolute Gasteiger partial charge is 0.327 e. The van der Waals surface area contributed by atoms with Gasteiger partial charge in [-0.2, -0.15) is 4.98 Å². The zero-order chi connectivity index (χ0) is 19.7. The summed E-state index contributed by atoms with van der Waals surface area (Å²) >= 11 is 0. The minimum absolute atomic E-state index is 0.0934. The molecule has 2 saturated heterocycles. The number of rotatable bonds is 4. The summed E-state index contributed by atoms with van der Waals surface area (Å²) in [5, 5.41) is 0. The first kappa shape index (κ1) is 18.2. The minimum atomic E-state index is -0.806. The third kappa shape index (κ3) is 2.94. The Morgan fingerprint density at radius 2 is 1.82 bits per heavy atom. The fraction of sp³-hybridized carbons (Fsp3) is 0.400. The van der Waals surface area contributed by atoms with Gasteiger partial charge in [0.05, 0.1) is 0 Å². The van der Waals surface area contributed by atoms with Crippen LogP contribution in [0.4, 0.5) is 16.6 Å². The molecule has 0 radical (unpaired) electrons. The van der Waals surface area contributed by atoms with E-state index >= 15 is 0 Å². The maximum Gasteiger partial charge on any atom is 0.327 e. The van der Waals surface area contributed by atoms with Gasteiger partial charge in [-0.15, -0.1) is 0 Å². The molecule has 0 unspecified atom stereocenters. The van der Waals surface area contributed by atoms with Crippen LogP contribution in [0, 0.1) is 0 Å². The van der Waals surface area contributed by atoms with Crippen molar-refractivity contribution in [3.63, 3.8) is 0 Å². The van der Waals surface area contributed by atoms with Gasteiger partial charge < -0.3 is 15.5 Å². The summed E-state index contributed by atoms with van der Waals surface area (Å²) in [5.41, 5.74) is 5.98. The molecule has 2 aliphatic heterocycles. The molecule has 8 nitrogen and oxygen atoms in total. The second-order valence-corrected chi connectivity index (χ2v) is 7.20. The Hall–Kier alpha value is -3.16. The second-order valence-electron chi connectivity index (χ2n) is 7.20. The van der Waals surface area contributed by atoms with E-state index in [1.807, 2.05) is 42.2 Å². The SMILES string of the molecule is CCN1C(=O)N(Cc2ccccc2)C2(CCN(c3nccc(N)n3)CC2)C1=O. The number of piperidine rings is 1. The number of nitrogens with two attached hydrogens (primary N) is 1. The van der Waals surface area contributed by atoms with Gasteiger partial charge in [-0.3, -0.25) is 9.69 Å². The zero-order valence-electron chi connectivity index (χ0n) is 15.9. The van der Waals surface area contributed by atoms with Gasteiger partial charge in [-0.1, -0.05) is 30.3 Å². The average Bonchev–Trinajstić information content (AvgIpc) is 2.90. The number of aromatic nitrogens is 2. The number of urea groups is 1. The summed E-state index contributed by atoms with van der Waals surface area (Å²) in [7, 11) is 0. The van der Waals surface area contributed by atoms with Crippen molar-refractivity contribution in [1.82, 2.24) is 19.8 Å². The monoisotopic (exact) mass is 380 g/mol. The van der Waals surface area contributed by atoms with Crippen molar-refractivity contribution in [2.75, 3.05) is 30.3 Å². The van der Waals surface area contributed by atoms with Crippen molar-refractivity contribution in [1.29, 1.82) is 0 Å². The lowest BCUT2D eigenvalue weighted by Crippen LogP contribution is -2.56. The second kappa shape index (κ2) is 7.10. The van der Waals surface area contributed by atoms with Gasteiger partial charge in [0.2, 0.25) is 5.95 Å². The van der Waals surface area contributed by atoms with Crippen LogP contribution < -0.4 is 10.6 Å². The molecule has 1 aromatic carbocycles. The molecule has 2 aliphatic rings. The molecule has 2 fully saturated rings. The van der Waals surface area contributed by atoms with E-state index in [1.165, 1.54) is 4.90 Å². The van der Waals surface area contributed by atoms with Crippen LogP contribution in [0.5, 0.6) is 0 Å². The number of anilines is 2. The summed E-state index contributed by atoms with van der Waals surface area (Å²) in [6, 6.07) is 11.2. The molecule has 28 heavy (non-hydrogen) atoms. The molecule has 4 rings (SSSR count). The molecule has 0 aliphatic carbocycles. The lowest BCUT2D eigenvalue weighted by atomic mass is 9.85. The third-order valence-corrected chi connectivity index (χ3v) is 5.66. The molecule has 146 valence electrons. The number of hydrogen-bond acceptors (Lipinski definition) is 6. The molecule has 2 aromatic rings. The molecule has 3 heterocycles. The molecule has 1 spiro atoms. The molecule has 0 bridgehead atoms. The number of amides is 3. The number of nitrogen functional groups attached to an aromatic ring is 1. The number of hydrogen-bond donors (Lipinski definition) is 1. The quantitative estimate of drug-likeness (QED) is 0.814. The molecule has 8 heteroatoms. The maximum atomic E-state index is 13.2. The lowest BCUT2D eigenvalue weighted by Gasteiger charge is -2.42. The van der Waals surface area contributed by atoms with Gasteiger partial charge in [0, 0.05) is 32.4 Å². The van der Waals surface area contributed by atoms with Gasteiger partial charge in [-0.25, -0.2) is 9.78 Å². The normalized spacial score (nSPS) is 19.0. The van der Waals surface area contributed by atoms with Crippen molar-refractivity contribution in [3.05, 3.63) is 48.2 Å². The number of likely N-dealkylation sites (N-methyl/N-ethyl adjacent to an activating group) is 1. The molecular formula is C20H24N6O2. The zero-order valence-corrected chi connectivity index (χ0v) is 15.9. The van der Waals surface area contributed by atoms with Crippen molar-refractivity contribution in [3.8, 4) is 0 Å². The predicted molar refractivity (Wildman–Crippen MR) is 105 cm³/mol. The van der Waals surface area contributed by atoms with E-state index in [9.17, 15) is 9.59 Å². The lowest BCUT2D eigenvalue weighted by molar-refractivity contribution is -0.134. The number of carbonyl (C=O) groups is 2. The van der Waals surface area contributed by atoms with Crippen LogP contribution in [0.1, 0.15) is 25.3 Å². The summed E-state index contributed by atoms with van der Waals surface area (Å²) in [5.74, 6) is 0.887. The maximum absolute atomic E-state index is 13.2. The van der Waals surface area contributed by atoms with Gasteiger partial charge in [0.25, 0.3) is 5.91 Å². The van der Waals surface area contributed by atoms with Gasteiger partial charge >= 0.3 is 6.03 Å². The molecule has 1 aromatic heterocycles. The summed E-state index contributed by atoms with van der Waals surface area (Å²) in [6.45, 7) is 3.82. The van der Waals surface area contributed by atoms with Crippen molar-refractivity contribution < 1.29 is 9.59 Å². The van der Waals surface area contributed by atoms with E-state index < -0.39 is 5.54 Å². The van der Waals surface area contributed by atoms with Crippen LogP contribution >= 0.6 is 0 Å². The van der Waals surface area contributed by atoms with Crippen molar-refractivity contribution in [2.45, 2.75) is 31.8 Å². The minimum Gasteiger partial charge on any atom is -0.384 e. The van der Waals surface area contributed by atoms with Gasteiger partial charge in [0.15, 0.2) is 0 Å². The first-order valence-electron chi connectivity index (χ1n) is 9.56. The van der Waals surface area contributed by atoms with E-state index in [0.29, 0.717) is 50.8 Å². The van der Waals surface area contributed by atoms with Gasteiger partial charge in [-0.05, 0) is 31.4 Å². The fourth-order valence-corrected chi connectivity index (χ4v) is 4.12. The largest absolute Gasteiger partial charge is 0.384 e. The molecule has 2 N–H and O–H groups in total. The number of carbonyl (C=O) groups excluding carboxylic acids is 2. The molecule has 0 atom stereocenters. The Morgan fingerprint density at radius 3 is 2.46 bits per heavy atom. The average molecular weight is 380 g/mol. The Kier molecular flexibility index (Phi) is 4.62. The highest BCUT2D eigenvalue weighted by molar-refractivity contribution is 6.07.